The van der Waals surface area contributed by atoms with Gasteiger partial charge in [-0.3, -0.25) is 4.79 Å². The lowest BCUT2D eigenvalue weighted by Crippen LogP contribution is -2.29. The monoisotopic (exact) mass is 134 g/mol. The quantitative estimate of drug-likeness (QED) is 0.251. The highest BCUT2D eigenvalue weighted by Gasteiger charge is 2.44. The van der Waals surface area contributed by atoms with Crippen molar-refractivity contribution in [3.8, 4) is 0 Å². The van der Waals surface area contributed by atoms with E-state index in [9.17, 15) is 4.79 Å². The van der Waals surface area contributed by atoms with E-state index in [0.29, 0.717) is 0 Å². The molecule has 1 saturated heterocycles. The first-order valence-electron chi connectivity index (χ1n) is 3.57. The Morgan fingerprint density at radius 1 is 1.30 bits per heavy atom. The predicted molar refractivity (Wildman–Crippen MR) is 50.3 cm³/mol. The van der Waals surface area contributed by atoms with E-state index in [4.69, 9.17) is 4.74 Å². The summed E-state index contributed by atoms with van der Waals surface area (Å²) < 4.78 is 5.12. The summed E-state index contributed by atoms with van der Waals surface area (Å²) in [5.41, 5.74) is 0. The molecule has 0 amide bonds. The lowest BCUT2D eigenvalue weighted by Gasteiger charge is -2.16. The molecule has 1 aliphatic rings. The van der Waals surface area contributed by atoms with Crippen molar-refractivity contribution in [2.75, 3.05) is 0 Å². The average molecular weight is 133 g/mol. The molecule has 50 valence electrons. The zero-order chi connectivity index (χ0) is 7.99. The summed E-state index contributed by atoms with van der Waals surface area (Å²) in [5.74, 6) is -0.0718. The summed E-state index contributed by atoms with van der Waals surface area (Å²) in [5, 5.41) is -0.524. The fourth-order valence-corrected chi connectivity index (χ4v) is 1.56. The first kappa shape index (κ1) is 7.83. The Labute approximate surface area is 64.7 Å². The van der Waals surface area contributed by atoms with Crippen molar-refractivity contribution in [3.05, 3.63) is 0 Å². The number of esters is 1. The minimum absolute atomic E-state index is 0.0718. The minimum atomic E-state index is -0.274. The van der Waals surface area contributed by atoms with Crippen molar-refractivity contribution in [1.29, 1.82) is 0 Å². The van der Waals surface area contributed by atoms with Gasteiger partial charge in [-0.2, -0.15) is 0 Å². The van der Waals surface area contributed by atoms with E-state index in [1.807, 2.05) is 31.4 Å². The van der Waals surface area contributed by atoms with Crippen LogP contribution in [0.25, 0.3) is 0 Å². The number of rotatable bonds is 0. The van der Waals surface area contributed by atoms with Crippen LogP contribution in [0.5, 0.6) is 0 Å². The maximum atomic E-state index is 11.1. The van der Waals surface area contributed by atoms with Crippen LogP contribution in [0.4, 0.5) is 0 Å². The van der Waals surface area contributed by atoms with E-state index < -0.39 is 0 Å². The maximum Gasteiger partial charge on any atom is 0.295 e. The normalized spacial score (nSPS) is 27.8. The van der Waals surface area contributed by atoms with Gasteiger partial charge in [0.15, 0.2) is 0 Å². The number of ether oxygens (including phenoxy) is 1. The Balaban J connectivity index is 2.81. The van der Waals surface area contributed by atoms with Gasteiger partial charge in [0.05, 0.1) is 0 Å². The Bertz CT molecular complexity index is 176. The molecule has 2 nitrogen and oxygen atoms in total. The minimum Gasteiger partial charge on any atom is -0.479 e. The number of hydrogen-bond acceptors (Lipinski definition) is 2. The molecule has 1 rings (SSSR count). The van der Waals surface area contributed by atoms with E-state index in [2.05, 4.69) is 0 Å². The van der Waals surface area contributed by atoms with E-state index >= 15 is 0 Å². The smallest absolute Gasteiger partial charge is 0.295 e. The third-order valence-corrected chi connectivity index (χ3v) is 1.79. The van der Waals surface area contributed by atoms with Crippen molar-refractivity contribution < 1.29 is 9.53 Å². The molecule has 0 aromatic heterocycles. The van der Waals surface area contributed by atoms with Gasteiger partial charge in [-0.1, -0.05) is 0 Å². The largest absolute Gasteiger partial charge is 0.479 e. The van der Waals surface area contributed by atoms with Gasteiger partial charge in [-0.25, -0.2) is 0 Å². The Morgan fingerprint density at radius 2 is 1.80 bits per heavy atom. The average Bonchev–Trinajstić information content (AvgIpc) is 1.73. The van der Waals surface area contributed by atoms with Gasteiger partial charge in [0, 0.05) is 10.6 Å². The van der Waals surface area contributed by atoms with Crippen molar-refractivity contribution in [2.45, 2.75) is 17.0 Å². The van der Waals surface area contributed by atoms with Crippen LogP contribution in [-0.4, -0.2) is 42.8 Å². The molecule has 1 fully saturated rings. The molecule has 6 heteroatoms. The molecular formula is C4H10B4O2. The molecule has 0 aromatic rings. The fourth-order valence-electron chi connectivity index (χ4n) is 1.56. The van der Waals surface area contributed by atoms with Crippen LogP contribution in [-0.2, 0) is 9.53 Å². The number of carbonyl (C=O) groups is 1. The Kier molecular flexibility index (Phi) is 1.46. The lowest BCUT2D eigenvalue weighted by molar-refractivity contribution is -0.141. The third kappa shape index (κ3) is 1.25. The van der Waals surface area contributed by atoms with Gasteiger partial charge in [0.1, 0.15) is 31.4 Å². The first-order valence-corrected chi connectivity index (χ1v) is 3.57. The molecule has 0 atom stereocenters. The molecular weight excluding hydrogens is 123 g/mol. The van der Waals surface area contributed by atoms with Gasteiger partial charge < -0.3 is 4.74 Å². The topological polar surface area (TPSA) is 26.3 Å². The molecule has 1 heterocycles. The maximum absolute atomic E-state index is 11.1. The second-order valence-electron chi connectivity index (χ2n) is 4.21. The van der Waals surface area contributed by atoms with E-state index in [1.165, 1.54) is 0 Å². The summed E-state index contributed by atoms with van der Waals surface area (Å²) >= 11 is 0. The Hall–Kier alpha value is -0.270. The van der Waals surface area contributed by atoms with Crippen molar-refractivity contribution in [2.24, 2.45) is 0 Å². The predicted octanol–water partition coefficient (Wildman–Crippen LogP) is -3.76. The lowest BCUT2D eigenvalue weighted by atomic mass is 9.47. The van der Waals surface area contributed by atoms with E-state index in [-0.39, 0.29) is 16.6 Å². The van der Waals surface area contributed by atoms with Crippen LogP contribution in [0, 0.1) is 0 Å². The van der Waals surface area contributed by atoms with Crippen molar-refractivity contribution >= 4 is 37.4 Å². The molecule has 0 bridgehead atoms. The molecule has 10 heavy (non-hydrogen) atoms. The van der Waals surface area contributed by atoms with Crippen molar-refractivity contribution in [3.63, 3.8) is 0 Å². The van der Waals surface area contributed by atoms with Crippen LogP contribution >= 0.6 is 0 Å². The standard InChI is InChI=1S/C4H10B4O2/c5-3(6)1-4(7,8)10-2(3)9/h1,5-8H2. The van der Waals surface area contributed by atoms with Crippen LogP contribution in [0.15, 0.2) is 0 Å². The highest BCUT2D eigenvalue weighted by Crippen LogP contribution is 2.37. The summed E-state index contributed by atoms with van der Waals surface area (Å²) in [7, 11) is 7.73. The third-order valence-electron chi connectivity index (χ3n) is 1.79. The second-order valence-corrected chi connectivity index (χ2v) is 4.21. The molecule has 0 aromatic carbocycles. The van der Waals surface area contributed by atoms with Crippen LogP contribution < -0.4 is 0 Å². The summed E-state index contributed by atoms with van der Waals surface area (Å²) in [6.07, 6.45) is 0.818. The first-order chi connectivity index (χ1) is 4.33. The van der Waals surface area contributed by atoms with Crippen molar-refractivity contribution in [1.82, 2.24) is 0 Å². The van der Waals surface area contributed by atoms with Gasteiger partial charge in [0.2, 0.25) is 0 Å². The van der Waals surface area contributed by atoms with Gasteiger partial charge >= 0.3 is 0 Å². The number of hydrogen-bond donors (Lipinski definition) is 0. The second kappa shape index (κ2) is 1.86. The van der Waals surface area contributed by atoms with Crippen LogP contribution in [0.2, 0.25) is 5.21 Å². The Morgan fingerprint density at radius 3 is 1.90 bits per heavy atom. The number of carbonyl (C=O) groups excluding carboxylic acids is 1. The highest BCUT2D eigenvalue weighted by molar-refractivity contribution is 6.53. The van der Waals surface area contributed by atoms with Gasteiger partial charge in [0.25, 0.3) is 5.97 Å². The molecule has 0 unspecified atom stereocenters. The fraction of sp³-hybridized carbons (Fsp3) is 0.750. The zero-order valence-electron chi connectivity index (χ0n) is 7.02. The van der Waals surface area contributed by atoms with Gasteiger partial charge in [-0.15, -0.1) is 0 Å². The van der Waals surface area contributed by atoms with E-state index in [1.54, 1.807) is 0 Å². The highest BCUT2D eigenvalue weighted by atomic mass is 16.6. The number of cyclic esters (lactones) is 1. The summed E-state index contributed by atoms with van der Waals surface area (Å²) in [4.78, 5) is 11.1. The molecule has 0 aliphatic carbocycles. The summed E-state index contributed by atoms with van der Waals surface area (Å²) in [6, 6.07) is 0. The zero-order valence-corrected chi connectivity index (χ0v) is 7.02. The molecule has 0 N–H and O–H groups in total. The molecule has 0 spiro atoms. The van der Waals surface area contributed by atoms with Gasteiger partial charge in [-0.05, 0) is 6.42 Å². The SMILES string of the molecule is BC1(B)CC(B)(B)C(=O)O1. The van der Waals surface area contributed by atoms with Crippen LogP contribution in [0.3, 0.4) is 0 Å². The molecule has 0 saturated carbocycles. The summed E-state index contributed by atoms with van der Waals surface area (Å²) in [6.45, 7) is 0. The van der Waals surface area contributed by atoms with Crippen LogP contribution in [0.1, 0.15) is 6.42 Å². The van der Waals surface area contributed by atoms with E-state index in [0.717, 1.165) is 6.42 Å². The molecule has 0 radical (unpaired) electrons. The molecule has 1 aliphatic heterocycles.